The molecular formula is C10H19NO2. The van der Waals surface area contributed by atoms with Crippen LogP contribution < -0.4 is 5.32 Å². The van der Waals surface area contributed by atoms with Gasteiger partial charge in [-0.3, -0.25) is 0 Å². The van der Waals surface area contributed by atoms with Crippen molar-refractivity contribution in [1.82, 2.24) is 5.32 Å². The van der Waals surface area contributed by atoms with E-state index in [-0.39, 0.29) is 0 Å². The first-order chi connectivity index (χ1) is 6.45. The van der Waals surface area contributed by atoms with E-state index in [1.165, 1.54) is 25.0 Å². The third-order valence-electron chi connectivity index (χ3n) is 2.39. The van der Waals surface area contributed by atoms with Crippen LogP contribution in [0.25, 0.3) is 0 Å². The predicted octanol–water partition coefficient (Wildman–Crippen LogP) is 1.04. The van der Waals surface area contributed by atoms with Crippen LogP contribution in [0, 0.1) is 0 Å². The molecule has 3 nitrogen and oxygen atoms in total. The van der Waals surface area contributed by atoms with Gasteiger partial charge in [-0.15, -0.1) is 0 Å². The second-order valence-corrected chi connectivity index (χ2v) is 3.30. The third-order valence-corrected chi connectivity index (χ3v) is 2.39. The maximum atomic E-state index is 7.00. The molecule has 1 fully saturated rings. The highest BCUT2D eigenvalue weighted by molar-refractivity contribution is 5.00. The van der Waals surface area contributed by atoms with Gasteiger partial charge in [0, 0.05) is 26.6 Å². The molecule has 0 aromatic rings. The molecule has 3 heteroatoms. The summed E-state index contributed by atoms with van der Waals surface area (Å²) in [6, 6.07) is 0. The molecule has 0 bridgehead atoms. The molecule has 0 amide bonds. The molecular weight excluding hydrogens is 166 g/mol. The maximum absolute atomic E-state index is 7.00. The summed E-state index contributed by atoms with van der Waals surface area (Å²) >= 11 is 0. The number of nitrogens with one attached hydrogen (secondary N) is 1. The molecule has 1 aliphatic carbocycles. The van der Waals surface area contributed by atoms with E-state index < -0.39 is 0 Å². The summed E-state index contributed by atoms with van der Waals surface area (Å²) in [5.41, 5.74) is 0. The Morgan fingerprint density at radius 2 is 2.23 bits per heavy atom. The van der Waals surface area contributed by atoms with Crippen LogP contribution in [0.3, 0.4) is 0 Å². The van der Waals surface area contributed by atoms with Crippen molar-refractivity contribution in [3.8, 4) is 0 Å². The second kappa shape index (κ2) is 6.00. The van der Waals surface area contributed by atoms with E-state index in [0.717, 1.165) is 26.6 Å². The van der Waals surface area contributed by atoms with Crippen LogP contribution in [0.2, 0.25) is 0 Å². The van der Waals surface area contributed by atoms with Crippen LogP contribution in [0.1, 0.15) is 25.7 Å². The summed E-state index contributed by atoms with van der Waals surface area (Å²) < 4.78 is 5.75. The van der Waals surface area contributed by atoms with Crippen molar-refractivity contribution in [2.45, 2.75) is 31.8 Å². The van der Waals surface area contributed by atoms with Gasteiger partial charge in [-0.05, 0) is 25.3 Å². The minimum Gasteiger partial charge on any atom is -0.495 e. The number of rotatable bonds is 2. The molecule has 2 aliphatic rings. The predicted molar refractivity (Wildman–Crippen MR) is 52.4 cm³/mol. The van der Waals surface area contributed by atoms with Crippen LogP contribution in [-0.2, 0) is 4.74 Å². The quantitative estimate of drug-likeness (QED) is 0.675. The molecule has 0 unspecified atom stereocenters. The van der Waals surface area contributed by atoms with Gasteiger partial charge < -0.3 is 15.2 Å². The van der Waals surface area contributed by atoms with Gasteiger partial charge in [-0.2, -0.15) is 0 Å². The highest BCUT2D eigenvalue weighted by Gasteiger charge is 2.20. The Hall–Kier alpha value is -0.540. The molecule has 2 N–H and O–H groups in total. The summed E-state index contributed by atoms with van der Waals surface area (Å²) in [6.45, 7) is 2.07. The lowest BCUT2D eigenvalue weighted by Crippen LogP contribution is -2.26. The molecule has 1 saturated carbocycles. The van der Waals surface area contributed by atoms with E-state index >= 15 is 0 Å². The second-order valence-electron chi connectivity index (χ2n) is 3.30. The fourth-order valence-electron chi connectivity index (χ4n) is 1.41. The normalized spacial score (nSPS) is 22.2. The molecule has 13 heavy (non-hydrogen) atoms. The summed E-state index contributed by atoms with van der Waals surface area (Å²) in [6.07, 6.45) is 7.70. The van der Waals surface area contributed by atoms with Crippen LogP contribution in [-0.4, -0.2) is 31.4 Å². The average molecular weight is 185 g/mol. The summed E-state index contributed by atoms with van der Waals surface area (Å²) in [7, 11) is 1.00. The number of hydrogen-bond donors (Lipinski definition) is 2. The summed E-state index contributed by atoms with van der Waals surface area (Å²) in [4.78, 5) is 0. The Bertz CT molecular complexity index is 164. The molecule has 0 aromatic carbocycles. The number of hydrogen-bond acceptors (Lipinski definition) is 3. The summed E-state index contributed by atoms with van der Waals surface area (Å²) in [5.74, 6) is 1.22. The van der Waals surface area contributed by atoms with Gasteiger partial charge in [-0.1, -0.05) is 0 Å². The summed E-state index contributed by atoms with van der Waals surface area (Å²) in [5, 5.41) is 10.3. The molecule has 0 spiro atoms. The number of aliphatic hydroxyl groups excluding tert-OH is 1. The molecule has 0 aromatic heterocycles. The van der Waals surface area contributed by atoms with Crippen molar-refractivity contribution in [2.24, 2.45) is 0 Å². The minimum atomic E-state index is 0.555. The van der Waals surface area contributed by atoms with E-state index in [1.54, 1.807) is 0 Å². The van der Waals surface area contributed by atoms with E-state index in [9.17, 15) is 0 Å². The third kappa shape index (κ3) is 3.36. The van der Waals surface area contributed by atoms with Gasteiger partial charge in [0.05, 0.1) is 11.9 Å². The first-order valence-corrected chi connectivity index (χ1v) is 4.96. The lowest BCUT2D eigenvalue weighted by molar-refractivity contribution is 0.0457. The zero-order valence-electron chi connectivity index (χ0n) is 8.25. The lowest BCUT2D eigenvalue weighted by Gasteiger charge is -2.29. The zero-order valence-corrected chi connectivity index (χ0v) is 8.25. The van der Waals surface area contributed by atoms with E-state index in [2.05, 4.69) is 11.4 Å². The molecule has 76 valence electrons. The molecule has 0 atom stereocenters. The molecule has 2 rings (SSSR count). The molecule has 0 radical (unpaired) electrons. The number of aliphatic hydroxyl groups is 1. The van der Waals surface area contributed by atoms with Crippen molar-refractivity contribution in [2.75, 3.05) is 20.2 Å². The Balaban J connectivity index is 0.000000396. The maximum Gasteiger partial charge on any atom is 0.0982 e. The average Bonchev–Trinajstić information content (AvgIpc) is 2.17. The highest BCUT2D eigenvalue weighted by Crippen LogP contribution is 2.25. The molecule has 1 aliphatic heterocycles. The van der Waals surface area contributed by atoms with E-state index in [0.29, 0.717) is 6.10 Å². The van der Waals surface area contributed by atoms with Gasteiger partial charge in [0.25, 0.3) is 0 Å². The van der Waals surface area contributed by atoms with Crippen LogP contribution in [0.5, 0.6) is 0 Å². The van der Waals surface area contributed by atoms with Crippen LogP contribution >= 0.6 is 0 Å². The zero-order chi connectivity index (χ0) is 9.52. The monoisotopic (exact) mass is 185 g/mol. The van der Waals surface area contributed by atoms with Gasteiger partial charge in [0.15, 0.2) is 0 Å². The molecule has 0 saturated heterocycles. The SMILES string of the molecule is C1=C(OC2CCC2)CCNC1.CO. The van der Waals surface area contributed by atoms with Gasteiger partial charge in [0.1, 0.15) is 0 Å². The first kappa shape index (κ1) is 10.5. The highest BCUT2D eigenvalue weighted by atomic mass is 16.5. The van der Waals surface area contributed by atoms with Crippen molar-refractivity contribution < 1.29 is 9.84 Å². The first-order valence-electron chi connectivity index (χ1n) is 4.96. The van der Waals surface area contributed by atoms with Crippen molar-refractivity contribution >= 4 is 0 Å². The minimum absolute atomic E-state index is 0.555. The number of ether oxygens (including phenoxy) is 1. The Kier molecular flexibility index (Phi) is 4.86. The Morgan fingerprint density at radius 3 is 2.69 bits per heavy atom. The van der Waals surface area contributed by atoms with Crippen molar-refractivity contribution in [3.63, 3.8) is 0 Å². The largest absolute Gasteiger partial charge is 0.495 e. The topological polar surface area (TPSA) is 41.5 Å². The standard InChI is InChI=1S/C9H15NO.CH4O/c1-2-8(3-1)11-9-4-6-10-7-5-9;1-2/h4,8,10H,1-3,5-7H2;2H,1H3. The van der Waals surface area contributed by atoms with Crippen LogP contribution in [0.15, 0.2) is 11.8 Å². The van der Waals surface area contributed by atoms with Gasteiger partial charge >= 0.3 is 0 Å². The molecule has 1 heterocycles. The van der Waals surface area contributed by atoms with E-state index in [1.807, 2.05) is 0 Å². The van der Waals surface area contributed by atoms with Crippen molar-refractivity contribution in [1.29, 1.82) is 0 Å². The van der Waals surface area contributed by atoms with Crippen molar-refractivity contribution in [3.05, 3.63) is 11.8 Å². The Morgan fingerprint density at radius 1 is 1.46 bits per heavy atom. The van der Waals surface area contributed by atoms with E-state index in [4.69, 9.17) is 9.84 Å². The fourth-order valence-corrected chi connectivity index (χ4v) is 1.41. The Labute approximate surface area is 79.8 Å². The van der Waals surface area contributed by atoms with Gasteiger partial charge in [0.2, 0.25) is 0 Å². The fraction of sp³-hybridized carbons (Fsp3) is 0.800. The lowest BCUT2D eigenvalue weighted by atomic mass is 9.96. The smallest absolute Gasteiger partial charge is 0.0982 e. The van der Waals surface area contributed by atoms with Gasteiger partial charge in [-0.25, -0.2) is 0 Å². The van der Waals surface area contributed by atoms with Crippen LogP contribution in [0.4, 0.5) is 0 Å².